The summed E-state index contributed by atoms with van der Waals surface area (Å²) in [5.74, 6) is 0. The Morgan fingerprint density at radius 1 is 1.50 bits per heavy atom. The topological polar surface area (TPSA) is 47.9 Å². The minimum Gasteiger partial charge on any atom is -0.388 e. The summed E-state index contributed by atoms with van der Waals surface area (Å²) in [6.45, 7) is 0.408. The zero-order valence-electron chi connectivity index (χ0n) is 7.69. The van der Waals surface area contributed by atoms with Gasteiger partial charge in [-0.3, -0.25) is 0 Å². The van der Waals surface area contributed by atoms with Crippen LogP contribution in [0.25, 0.3) is 0 Å². The van der Waals surface area contributed by atoms with Gasteiger partial charge in [0.15, 0.2) is 0 Å². The van der Waals surface area contributed by atoms with Gasteiger partial charge in [-0.05, 0) is 0 Å². The van der Waals surface area contributed by atoms with Crippen LogP contribution in [-0.4, -0.2) is 58.1 Å². The Morgan fingerprint density at radius 2 is 2.17 bits per heavy atom. The lowest BCUT2D eigenvalue weighted by Gasteiger charge is -2.15. The molecule has 0 aliphatic carbocycles. The third-order valence-corrected chi connectivity index (χ3v) is 2.17. The third kappa shape index (κ3) is 1.80. The molecule has 1 aliphatic rings. The highest BCUT2D eigenvalue weighted by molar-refractivity contribution is 6.11. The summed E-state index contributed by atoms with van der Waals surface area (Å²) in [5.41, 5.74) is 0. The number of rotatable bonds is 3. The van der Waals surface area contributed by atoms with Crippen molar-refractivity contribution in [2.24, 2.45) is 0 Å². The van der Waals surface area contributed by atoms with Crippen LogP contribution in [-0.2, 0) is 14.2 Å². The summed E-state index contributed by atoms with van der Waals surface area (Å²) < 4.78 is 15.4. The van der Waals surface area contributed by atoms with E-state index in [1.165, 1.54) is 0 Å². The van der Waals surface area contributed by atoms with Crippen LogP contribution >= 0.6 is 0 Å². The Labute approximate surface area is 73.2 Å². The molecule has 0 bridgehead atoms. The molecule has 70 valence electrons. The fraction of sp³-hybridized carbons (Fsp3) is 1.00. The van der Waals surface area contributed by atoms with Crippen molar-refractivity contribution in [2.75, 3.05) is 20.8 Å². The molecule has 12 heavy (non-hydrogen) atoms. The van der Waals surface area contributed by atoms with Crippen LogP contribution in [0.1, 0.15) is 0 Å². The van der Waals surface area contributed by atoms with Crippen molar-refractivity contribution in [1.29, 1.82) is 0 Å². The SMILES string of the molecule is BC1OC(COC)C(O)C1OC. The zero-order valence-corrected chi connectivity index (χ0v) is 7.69. The van der Waals surface area contributed by atoms with Crippen LogP contribution < -0.4 is 0 Å². The lowest BCUT2D eigenvalue weighted by Crippen LogP contribution is -2.35. The van der Waals surface area contributed by atoms with E-state index in [-0.39, 0.29) is 18.2 Å². The first-order valence-corrected chi connectivity index (χ1v) is 4.06. The Hall–Kier alpha value is -0.0951. The van der Waals surface area contributed by atoms with Gasteiger partial charge in [0, 0.05) is 14.2 Å². The van der Waals surface area contributed by atoms with E-state index in [0.717, 1.165) is 0 Å². The summed E-state index contributed by atoms with van der Waals surface area (Å²) in [6.07, 6.45) is -1.06. The molecule has 1 heterocycles. The van der Waals surface area contributed by atoms with E-state index in [1.807, 2.05) is 7.85 Å². The monoisotopic (exact) mass is 174 g/mol. The molecule has 0 spiro atoms. The van der Waals surface area contributed by atoms with E-state index >= 15 is 0 Å². The molecule has 0 amide bonds. The molecule has 1 fully saturated rings. The van der Waals surface area contributed by atoms with Crippen molar-refractivity contribution in [1.82, 2.24) is 0 Å². The molecule has 1 aliphatic heterocycles. The first kappa shape index (κ1) is 9.99. The van der Waals surface area contributed by atoms with Crippen LogP contribution in [0.2, 0.25) is 0 Å². The summed E-state index contributed by atoms with van der Waals surface area (Å²) in [6, 6.07) is -0.0647. The molecule has 0 aromatic carbocycles. The number of aliphatic hydroxyl groups excluding tert-OH is 1. The predicted octanol–water partition coefficient (Wildman–Crippen LogP) is -1.63. The molecule has 4 unspecified atom stereocenters. The highest BCUT2D eigenvalue weighted by atomic mass is 16.6. The minimum absolute atomic E-state index is 0.0647. The molecular weight excluding hydrogens is 159 g/mol. The molecule has 0 aromatic heterocycles. The van der Waals surface area contributed by atoms with Crippen molar-refractivity contribution in [3.63, 3.8) is 0 Å². The molecule has 1 N–H and O–H groups in total. The quantitative estimate of drug-likeness (QED) is 0.521. The van der Waals surface area contributed by atoms with Gasteiger partial charge in [0.05, 0.1) is 12.6 Å². The van der Waals surface area contributed by atoms with Gasteiger partial charge in [-0.2, -0.15) is 0 Å². The van der Waals surface area contributed by atoms with Gasteiger partial charge in [0.1, 0.15) is 26.2 Å². The fourth-order valence-electron chi connectivity index (χ4n) is 1.56. The second-order valence-corrected chi connectivity index (χ2v) is 3.03. The Kier molecular flexibility index (Phi) is 3.52. The second-order valence-electron chi connectivity index (χ2n) is 3.03. The van der Waals surface area contributed by atoms with Gasteiger partial charge in [0.25, 0.3) is 0 Å². The first-order chi connectivity index (χ1) is 5.70. The number of aliphatic hydroxyl groups is 1. The average Bonchev–Trinajstić information content (AvgIpc) is 2.29. The van der Waals surface area contributed by atoms with E-state index in [9.17, 15) is 5.11 Å². The maximum Gasteiger partial charge on any atom is 0.142 e. The minimum atomic E-state index is -0.579. The number of ether oxygens (including phenoxy) is 3. The van der Waals surface area contributed by atoms with Crippen LogP contribution in [0.15, 0.2) is 0 Å². The Morgan fingerprint density at radius 3 is 2.58 bits per heavy atom. The first-order valence-electron chi connectivity index (χ1n) is 4.06. The smallest absolute Gasteiger partial charge is 0.142 e. The summed E-state index contributed by atoms with van der Waals surface area (Å²) in [4.78, 5) is 0. The van der Waals surface area contributed by atoms with E-state index in [1.54, 1.807) is 14.2 Å². The number of hydrogen-bond donors (Lipinski definition) is 1. The lowest BCUT2D eigenvalue weighted by atomic mass is 9.93. The molecule has 0 radical (unpaired) electrons. The largest absolute Gasteiger partial charge is 0.388 e. The van der Waals surface area contributed by atoms with Crippen molar-refractivity contribution in [3.8, 4) is 0 Å². The van der Waals surface area contributed by atoms with Gasteiger partial charge in [0.2, 0.25) is 0 Å². The zero-order chi connectivity index (χ0) is 9.14. The Bertz CT molecular complexity index is 143. The van der Waals surface area contributed by atoms with Crippen LogP contribution in [0.3, 0.4) is 0 Å². The highest BCUT2D eigenvalue weighted by Crippen LogP contribution is 2.21. The molecule has 1 saturated heterocycles. The van der Waals surface area contributed by atoms with Crippen LogP contribution in [0.4, 0.5) is 0 Å². The second kappa shape index (κ2) is 4.23. The van der Waals surface area contributed by atoms with E-state index in [4.69, 9.17) is 14.2 Å². The van der Waals surface area contributed by atoms with Gasteiger partial charge in [-0.15, -0.1) is 0 Å². The Balaban J connectivity index is 2.49. The average molecular weight is 174 g/mol. The molecule has 5 heteroatoms. The van der Waals surface area contributed by atoms with Gasteiger partial charge >= 0.3 is 0 Å². The highest BCUT2D eigenvalue weighted by Gasteiger charge is 2.40. The molecule has 0 saturated carbocycles. The van der Waals surface area contributed by atoms with Crippen molar-refractivity contribution >= 4 is 7.85 Å². The molecular formula is C7H15BO4. The number of hydrogen-bond acceptors (Lipinski definition) is 4. The number of methoxy groups -OCH3 is 2. The van der Waals surface area contributed by atoms with Gasteiger partial charge in [-0.25, -0.2) is 0 Å². The normalized spacial score (nSPS) is 41.9. The van der Waals surface area contributed by atoms with E-state index in [0.29, 0.717) is 6.61 Å². The van der Waals surface area contributed by atoms with E-state index < -0.39 is 6.10 Å². The van der Waals surface area contributed by atoms with Crippen molar-refractivity contribution in [2.45, 2.75) is 24.3 Å². The fourth-order valence-corrected chi connectivity index (χ4v) is 1.56. The predicted molar refractivity (Wildman–Crippen MR) is 45.9 cm³/mol. The maximum atomic E-state index is 9.62. The summed E-state index contributed by atoms with van der Waals surface area (Å²) >= 11 is 0. The molecule has 4 nitrogen and oxygen atoms in total. The van der Waals surface area contributed by atoms with Gasteiger partial charge < -0.3 is 19.3 Å². The maximum absolute atomic E-state index is 9.62. The molecule has 4 atom stereocenters. The van der Waals surface area contributed by atoms with Crippen LogP contribution in [0, 0.1) is 0 Å². The molecule has 1 rings (SSSR count). The van der Waals surface area contributed by atoms with Gasteiger partial charge in [-0.1, -0.05) is 0 Å². The third-order valence-electron chi connectivity index (χ3n) is 2.17. The molecule has 0 aromatic rings. The van der Waals surface area contributed by atoms with E-state index in [2.05, 4.69) is 0 Å². The standard InChI is InChI=1S/C7H15BO4/c1-10-3-4-5(9)6(11-2)7(8)12-4/h4-7,9H,3,8H2,1-2H3. The van der Waals surface area contributed by atoms with Crippen molar-refractivity contribution in [3.05, 3.63) is 0 Å². The van der Waals surface area contributed by atoms with Crippen molar-refractivity contribution < 1.29 is 19.3 Å². The van der Waals surface area contributed by atoms with Crippen LogP contribution in [0.5, 0.6) is 0 Å². The summed E-state index contributed by atoms with van der Waals surface area (Å²) in [7, 11) is 5.04. The lowest BCUT2D eigenvalue weighted by molar-refractivity contribution is -0.0247. The summed E-state index contributed by atoms with van der Waals surface area (Å²) in [5, 5.41) is 9.62.